The lowest BCUT2D eigenvalue weighted by Gasteiger charge is -2.23. The molecule has 4 nitrogen and oxygen atoms in total. The van der Waals surface area contributed by atoms with E-state index in [2.05, 4.69) is 17.4 Å². The van der Waals surface area contributed by atoms with Crippen molar-refractivity contribution in [3.05, 3.63) is 35.9 Å². The Balaban J connectivity index is 2.15. The van der Waals surface area contributed by atoms with Crippen LogP contribution in [0.3, 0.4) is 0 Å². The third-order valence-electron chi connectivity index (χ3n) is 3.28. The smallest absolute Gasteiger partial charge is 0.250 e. The maximum atomic E-state index is 12.1. The van der Waals surface area contributed by atoms with Gasteiger partial charge >= 0.3 is 0 Å². The van der Waals surface area contributed by atoms with Crippen LogP contribution in [0, 0.1) is 5.92 Å². The first-order valence-corrected chi connectivity index (χ1v) is 5.84. The number of amides is 1. The van der Waals surface area contributed by atoms with Crippen molar-refractivity contribution in [1.29, 1.82) is 0 Å². The van der Waals surface area contributed by atoms with Gasteiger partial charge in [-0.2, -0.15) is 0 Å². The Kier molecular flexibility index (Phi) is 3.76. The highest BCUT2D eigenvalue weighted by Gasteiger charge is 2.35. The van der Waals surface area contributed by atoms with E-state index < -0.39 is 0 Å². The molecule has 0 radical (unpaired) electrons. The summed E-state index contributed by atoms with van der Waals surface area (Å²) in [6.45, 7) is 0.869. The number of hydroxylamine groups is 2. The van der Waals surface area contributed by atoms with Gasteiger partial charge < -0.3 is 5.32 Å². The van der Waals surface area contributed by atoms with Crippen LogP contribution < -0.4 is 5.32 Å². The predicted octanol–water partition coefficient (Wildman–Crippen LogP) is 1.36. The molecule has 1 N–H and O–H groups in total. The molecule has 0 bridgehead atoms. The number of carbonyl (C=O) groups is 1. The van der Waals surface area contributed by atoms with Crippen LogP contribution in [-0.4, -0.2) is 31.7 Å². The van der Waals surface area contributed by atoms with Crippen LogP contribution in [0.5, 0.6) is 0 Å². The molecular formula is C13H18N2O2. The zero-order valence-electron chi connectivity index (χ0n) is 10.2. The Morgan fingerprint density at radius 3 is 2.76 bits per heavy atom. The van der Waals surface area contributed by atoms with Crippen LogP contribution in [0.2, 0.25) is 0 Å². The van der Waals surface area contributed by atoms with Crippen LogP contribution in [0.4, 0.5) is 0 Å². The molecule has 2 atom stereocenters. The van der Waals surface area contributed by atoms with Crippen molar-refractivity contribution in [3.8, 4) is 0 Å². The summed E-state index contributed by atoms with van der Waals surface area (Å²) in [5.41, 5.74) is 1.16. The van der Waals surface area contributed by atoms with Crippen molar-refractivity contribution in [2.75, 3.05) is 20.7 Å². The zero-order valence-corrected chi connectivity index (χ0v) is 10.2. The summed E-state index contributed by atoms with van der Waals surface area (Å²) in [5, 5.41) is 4.69. The van der Waals surface area contributed by atoms with Gasteiger partial charge in [0.25, 0.3) is 5.91 Å². The van der Waals surface area contributed by atoms with Crippen LogP contribution in [0.1, 0.15) is 18.0 Å². The van der Waals surface area contributed by atoms with Crippen molar-refractivity contribution in [2.24, 2.45) is 5.92 Å². The van der Waals surface area contributed by atoms with Crippen LogP contribution >= 0.6 is 0 Å². The Morgan fingerprint density at radius 1 is 1.41 bits per heavy atom. The number of hydrogen-bond donors (Lipinski definition) is 1. The Bertz CT molecular complexity index is 380. The van der Waals surface area contributed by atoms with E-state index in [0.717, 1.165) is 18.5 Å². The highest BCUT2D eigenvalue weighted by molar-refractivity contribution is 5.79. The predicted molar refractivity (Wildman–Crippen MR) is 65.1 cm³/mol. The molecule has 2 rings (SSSR count). The minimum absolute atomic E-state index is 0.0337. The van der Waals surface area contributed by atoms with E-state index in [1.54, 1.807) is 7.05 Å². The fourth-order valence-corrected chi connectivity index (χ4v) is 2.30. The molecule has 17 heavy (non-hydrogen) atoms. The summed E-state index contributed by atoms with van der Waals surface area (Å²) in [5.74, 6) is -0.00583. The van der Waals surface area contributed by atoms with Crippen molar-refractivity contribution in [1.82, 2.24) is 10.4 Å². The second kappa shape index (κ2) is 5.29. The molecule has 1 aromatic carbocycles. The summed E-state index contributed by atoms with van der Waals surface area (Å²) in [7, 11) is 3.17. The lowest BCUT2D eigenvalue weighted by atomic mass is 9.93. The van der Waals surface area contributed by atoms with Gasteiger partial charge in [0, 0.05) is 13.1 Å². The van der Waals surface area contributed by atoms with Crippen molar-refractivity contribution >= 4 is 5.91 Å². The summed E-state index contributed by atoms with van der Waals surface area (Å²) in [6, 6.07) is 10.2. The van der Waals surface area contributed by atoms with E-state index in [9.17, 15) is 4.79 Å². The SMILES string of the molecule is CON(C)C(=O)[C@H]1CCN[C@H]1c1ccccc1. The molecule has 4 heteroatoms. The van der Waals surface area contributed by atoms with Crippen LogP contribution in [0.15, 0.2) is 30.3 Å². The summed E-state index contributed by atoms with van der Waals surface area (Å²) in [4.78, 5) is 17.1. The fourth-order valence-electron chi connectivity index (χ4n) is 2.30. The van der Waals surface area contributed by atoms with Gasteiger partial charge in [-0.1, -0.05) is 30.3 Å². The van der Waals surface area contributed by atoms with Gasteiger partial charge in [0.1, 0.15) is 0 Å². The fraction of sp³-hybridized carbons (Fsp3) is 0.462. The van der Waals surface area contributed by atoms with Gasteiger partial charge in [-0.3, -0.25) is 9.63 Å². The van der Waals surface area contributed by atoms with E-state index >= 15 is 0 Å². The lowest BCUT2D eigenvalue weighted by molar-refractivity contribution is -0.173. The highest BCUT2D eigenvalue weighted by atomic mass is 16.7. The second-order valence-corrected chi connectivity index (χ2v) is 4.26. The maximum Gasteiger partial charge on any atom is 0.250 e. The molecule has 0 unspecified atom stereocenters. The molecule has 1 aliphatic heterocycles. The van der Waals surface area contributed by atoms with Crippen molar-refractivity contribution < 1.29 is 9.63 Å². The number of rotatable bonds is 3. The first-order chi connectivity index (χ1) is 8.24. The molecule has 1 fully saturated rings. The molecule has 0 spiro atoms. The largest absolute Gasteiger partial charge is 0.309 e. The van der Waals surface area contributed by atoms with Crippen LogP contribution in [0.25, 0.3) is 0 Å². The van der Waals surface area contributed by atoms with E-state index in [1.165, 1.54) is 12.2 Å². The minimum Gasteiger partial charge on any atom is -0.309 e. The normalized spacial score (nSPS) is 23.6. The first-order valence-electron chi connectivity index (χ1n) is 5.84. The topological polar surface area (TPSA) is 41.6 Å². The number of nitrogens with zero attached hydrogens (tertiary/aromatic N) is 1. The molecule has 1 amide bonds. The molecule has 1 heterocycles. The van der Waals surface area contributed by atoms with E-state index in [4.69, 9.17) is 4.84 Å². The molecule has 0 saturated carbocycles. The number of hydrogen-bond acceptors (Lipinski definition) is 3. The quantitative estimate of drug-likeness (QED) is 0.803. The number of nitrogens with one attached hydrogen (secondary N) is 1. The maximum absolute atomic E-state index is 12.1. The molecule has 1 saturated heterocycles. The lowest BCUT2D eigenvalue weighted by Crippen LogP contribution is -2.34. The molecule has 92 valence electrons. The van der Waals surface area contributed by atoms with Gasteiger partial charge in [-0.05, 0) is 18.5 Å². The molecule has 0 aromatic heterocycles. The minimum atomic E-state index is -0.0395. The van der Waals surface area contributed by atoms with Gasteiger partial charge in [0.2, 0.25) is 0 Å². The Labute approximate surface area is 102 Å². The average molecular weight is 234 g/mol. The monoisotopic (exact) mass is 234 g/mol. The summed E-state index contributed by atoms with van der Waals surface area (Å²) >= 11 is 0. The molecular weight excluding hydrogens is 216 g/mol. The Hall–Kier alpha value is -1.39. The summed E-state index contributed by atoms with van der Waals surface area (Å²) < 4.78 is 0. The average Bonchev–Trinajstić information content (AvgIpc) is 2.87. The Morgan fingerprint density at radius 2 is 2.12 bits per heavy atom. The van der Waals surface area contributed by atoms with E-state index in [0.29, 0.717) is 0 Å². The van der Waals surface area contributed by atoms with Gasteiger partial charge in [-0.15, -0.1) is 0 Å². The third kappa shape index (κ3) is 2.48. The molecule has 0 aliphatic carbocycles. The van der Waals surface area contributed by atoms with E-state index in [1.807, 2.05) is 18.2 Å². The zero-order chi connectivity index (χ0) is 12.3. The summed E-state index contributed by atoms with van der Waals surface area (Å²) in [6.07, 6.45) is 0.853. The van der Waals surface area contributed by atoms with E-state index in [-0.39, 0.29) is 17.9 Å². The highest BCUT2D eigenvalue weighted by Crippen LogP contribution is 2.30. The standard InChI is InChI=1S/C13H18N2O2/c1-15(17-2)13(16)11-8-9-14-12(11)10-6-4-3-5-7-10/h3-7,11-12,14H,8-9H2,1-2H3/t11-,12-/m0/s1. The second-order valence-electron chi connectivity index (χ2n) is 4.26. The van der Waals surface area contributed by atoms with Gasteiger partial charge in [-0.25, -0.2) is 5.06 Å². The van der Waals surface area contributed by atoms with Gasteiger partial charge in [0.15, 0.2) is 0 Å². The van der Waals surface area contributed by atoms with Crippen molar-refractivity contribution in [3.63, 3.8) is 0 Å². The molecule has 1 aromatic rings. The third-order valence-corrected chi connectivity index (χ3v) is 3.28. The van der Waals surface area contributed by atoms with Gasteiger partial charge in [0.05, 0.1) is 13.0 Å². The number of carbonyl (C=O) groups excluding carboxylic acids is 1. The van der Waals surface area contributed by atoms with Crippen LogP contribution in [-0.2, 0) is 9.63 Å². The first kappa shape index (κ1) is 12.1. The number of benzene rings is 1. The van der Waals surface area contributed by atoms with Crippen molar-refractivity contribution in [2.45, 2.75) is 12.5 Å². The molecule has 1 aliphatic rings.